The summed E-state index contributed by atoms with van der Waals surface area (Å²) in [6.45, 7) is 0. The zero-order valence-corrected chi connectivity index (χ0v) is 16.0. The number of carbonyl (C=O) groups is 1. The van der Waals surface area contributed by atoms with E-state index in [0.29, 0.717) is 5.75 Å². The predicted octanol–water partition coefficient (Wildman–Crippen LogP) is 5.09. The van der Waals surface area contributed by atoms with Crippen LogP contribution < -0.4 is 10.1 Å². The van der Waals surface area contributed by atoms with Gasteiger partial charge in [0.2, 0.25) is 5.91 Å². The lowest BCUT2D eigenvalue weighted by Crippen LogP contribution is -2.14. The van der Waals surface area contributed by atoms with Gasteiger partial charge in [0.05, 0.1) is 13.5 Å². The Morgan fingerprint density at radius 1 is 1.11 bits per heavy atom. The molecule has 1 aliphatic rings. The maximum absolute atomic E-state index is 12.4. The van der Waals surface area contributed by atoms with E-state index in [9.17, 15) is 9.90 Å². The third-order valence-corrected chi connectivity index (χ3v) is 5.39. The lowest BCUT2D eigenvalue weighted by molar-refractivity contribution is -0.115. The minimum atomic E-state index is -0.0767. The number of hydrogen-bond donors (Lipinski definition) is 2. The van der Waals surface area contributed by atoms with Crippen LogP contribution in [-0.2, 0) is 17.6 Å². The van der Waals surface area contributed by atoms with Crippen LogP contribution in [0, 0.1) is 5.92 Å². The molecule has 0 aromatic heterocycles. The quantitative estimate of drug-likeness (QED) is 0.716. The van der Waals surface area contributed by atoms with Gasteiger partial charge in [0.15, 0.2) is 11.5 Å². The number of phenols is 1. The highest BCUT2D eigenvalue weighted by Gasteiger charge is 2.13. The van der Waals surface area contributed by atoms with E-state index >= 15 is 0 Å². The highest BCUT2D eigenvalue weighted by molar-refractivity contribution is 5.92. The van der Waals surface area contributed by atoms with Crippen molar-refractivity contribution in [3.8, 4) is 11.5 Å². The van der Waals surface area contributed by atoms with Crippen molar-refractivity contribution in [2.75, 3.05) is 12.4 Å². The molecule has 2 aromatic rings. The summed E-state index contributed by atoms with van der Waals surface area (Å²) in [5.74, 6) is 1.24. The summed E-state index contributed by atoms with van der Waals surface area (Å²) in [6.07, 6.45) is 9.44. The van der Waals surface area contributed by atoms with E-state index in [1.807, 2.05) is 12.1 Å². The van der Waals surface area contributed by atoms with Crippen LogP contribution in [0.2, 0.25) is 0 Å². The molecule has 0 saturated heterocycles. The summed E-state index contributed by atoms with van der Waals surface area (Å²) in [4.78, 5) is 12.4. The molecule has 1 amide bonds. The van der Waals surface area contributed by atoms with Crippen LogP contribution >= 0.6 is 0 Å². The van der Waals surface area contributed by atoms with Crippen LogP contribution in [0.5, 0.6) is 11.5 Å². The fourth-order valence-corrected chi connectivity index (χ4v) is 3.87. The molecule has 1 saturated carbocycles. The van der Waals surface area contributed by atoms with Gasteiger partial charge in [-0.3, -0.25) is 4.79 Å². The number of aromatic hydroxyl groups is 1. The van der Waals surface area contributed by atoms with Gasteiger partial charge < -0.3 is 15.2 Å². The molecule has 4 heteroatoms. The molecule has 27 heavy (non-hydrogen) atoms. The summed E-state index contributed by atoms with van der Waals surface area (Å²) in [5.41, 5.74) is 2.92. The van der Waals surface area contributed by atoms with Crippen LogP contribution in [0.1, 0.15) is 49.7 Å². The molecule has 1 fully saturated rings. The molecule has 0 bridgehead atoms. The van der Waals surface area contributed by atoms with Crippen molar-refractivity contribution in [3.63, 3.8) is 0 Å². The Labute approximate surface area is 161 Å². The topological polar surface area (TPSA) is 58.6 Å². The first kappa shape index (κ1) is 19.3. The van der Waals surface area contributed by atoms with E-state index in [1.54, 1.807) is 18.2 Å². The van der Waals surface area contributed by atoms with Crippen LogP contribution in [0.4, 0.5) is 5.69 Å². The normalized spacial score (nSPS) is 14.7. The Hall–Kier alpha value is -2.49. The monoisotopic (exact) mass is 367 g/mol. The molecule has 144 valence electrons. The first-order valence-electron chi connectivity index (χ1n) is 9.88. The minimum Gasteiger partial charge on any atom is -0.504 e. The standard InChI is InChI=1S/C23H29NO3/c1-27-22-15-19(12-13-21(22)25)16-23(26)24-20-9-5-8-18(14-20)11-10-17-6-3-2-4-7-17/h5,8-9,12-15,17,25H,2-4,6-7,10-11,16H2,1H3,(H,24,26). The van der Waals surface area contributed by atoms with Gasteiger partial charge in [-0.1, -0.05) is 50.3 Å². The molecule has 2 aromatic carbocycles. The van der Waals surface area contributed by atoms with E-state index in [0.717, 1.165) is 23.6 Å². The number of carbonyl (C=O) groups excluding carboxylic acids is 1. The number of nitrogens with one attached hydrogen (secondary N) is 1. The van der Waals surface area contributed by atoms with Gasteiger partial charge in [-0.15, -0.1) is 0 Å². The number of aryl methyl sites for hydroxylation is 1. The second-order valence-corrected chi connectivity index (χ2v) is 7.47. The Kier molecular flexibility index (Phi) is 6.74. The van der Waals surface area contributed by atoms with Crippen LogP contribution in [-0.4, -0.2) is 18.1 Å². The number of hydrogen-bond acceptors (Lipinski definition) is 3. The highest BCUT2D eigenvalue weighted by atomic mass is 16.5. The van der Waals surface area contributed by atoms with Gasteiger partial charge >= 0.3 is 0 Å². The number of ether oxygens (including phenoxy) is 1. The summed E-state index contributed by atoms with van der Waals surface area (Å²) in [5, 5.41) is 12.6. The fraction of sp³-hybridized carbons (Fsp3) is 0.435. The maximum Gasteiger partial charge on any atom is 0.228 e. The van der Waals surface area contributed by atoms with Crippen molar-refractivity contribution in [1.29, 1.82) is 0 Å². The molecule has 0 radical (unpaired) electrons. The minimum absolute atomic E-state index is 0.0762. The Bertz CT molecular complexity index is 766. The number of methoxy groups -OCH3 is 1. The largest absolute Gasteiger partial charge is 0.504 e. The number of rotatable bonds is 7. The summed E-state index contributed by atoms with van der Waals surface area (Å²) in [6, 6.07) is 13.1. The first-order valence-corrected chi connectivity index (χ1v) is 9.88. The Morgan fingerprint density at radius 3 is 2.70 bits per heavy atom. The van der Waals surface area contributed by atoms with Crippen molar-refractivity contribution in [3.05, 3.63) is 53.6 Å². The smallest absolute Gasteiger partial charge is 0.228 e. The van der Waals surface area contributed by atoms with E-state index in [4.69, 9.17) is 4.74 Å². The Balaban J connectivity index is 1.54. The molecular weight excluding hydrogens is 338 g/mol. The first-order chi connectivity index (χ1) is 13.1. The molecule has 3 rings (SSSR count). The van der Waals surface area contributed by atoms with Crippen molar-refractivity contribution < 1.29 is 14.6 Å². The average molecular weight is 367 g/mol. The van der Waals surface area contributed by atoms with Crippen LogP contribution in [0.3, 0.4) is 0 Å². The number of anilines is 1. The number of benzene rings is 2. The zero-order valence-electron chi connectivity index (χ0n) is 16.0. The second-order valence-electron chi connectivity index (χ2n) is 7.47. The third kappa shape index (κ3) is 5.75. The van der Waals surface area contributed by atoms with Gasteiger partial charge in [-0.25, -0.2) is 0 Å². The lowest BCUT2D eigenvalue weighted by atomic mass is 9.85. The Morgan fingerprint density at radius 2 is 1.93 bits per heavy atom. The molecule has 4 nitrogen and oxygen atoms in total. The zero-order chi connectivity index (χ0) is 19.1. The van der Waals surface area contributed by atoms with Gasteiger partial charge in [-0.05, 0) is 54.2 Å². The van der Waals surface area contributed by atoms with Gasteiger partial charge in [-0.2, -0.15) is 0 Å². The molecule has 0 heterocycles. The highest BCUT2D eigenvalue weighted by Crippen LogP contribution is 2.28. The number of phenolic OH excluding ortho intramolecular Hbond substituents is 1. The molecule has 0 unspecified atom stereocenters. The van der Waals surface area contributed by atoms with Crippen molar-refractivity contribution in [2.45, 2.75) is 51.4 Å². The molecule has 0 aliphatic heterocycles. The van der Waals surface area contributed by atoms with Crippen LogP contribution in [0.25, 0.3) is 0 Å². The SMILES string of the molecule is COc1cc(CC(=O)Nc2cccc(CCC3CCCCC3)c2)ccc1O. The van der Waals surface area contributed by atoms with Gasteiger partial charge in [0.1, 0.15) is 0 Å². The molecule has 2 N–H and O–H groups in total. The van der Waals surface area contributed by atoms with E-state index in [2.05, 4.69) is 17.4 Å². The van der Waals surface area contributed by atoms with Crippen LogP contribution in [0.15, 0.2) is 42.5 Å². The molecule has 1 aliphatic carbocycles. The maximum atomic E-state index is 12.4. The summed E-state index contributed by atoms with van der Waals surface area (Å²) >= 11 is 0. The number of amides is 1. The van der Waals surface area contributed by atoms with Gasteiger partial charge in [0.25, 0.3) is 0 Å². The third-order valence-electron chi connectivity index (χ3n) is 5.39. The second kappa shape index (κ2) is 9.45. The van der Waals surface area contributed by atoms with E-state index < -0.39 is 0 Å². The van der Waals surface area contributed by atoms with Crippen molar-refractivity contribution in [1.82, 2.24) is 0 Å². The van der Waals surface area contributed by atoms with E-state index in [1.165, 1.54) is 51.2 Å². The van der Waals surface area contributed by atoms with Crippen molar-refractivity contribution >= 4 is 11.6 Å². The van der Waals surface area contributed by atoms with E-state index in [-0.39, 0.29) is 18.1 Å². The fourth-order valence-electron chi connectivity index (χ4n) is 3.87. The van der Waals surface area contributed by atoms with Crippen molar-refractivity contribution in [2.24, 2.45) is 5.92 Å². The lowest BCUT2D eigenvalue weighted by Gasteiger charge is -2.21. The van der Waals surface area contributed by atoms with Gasteiger partial charge in [0, 0.05) is 5.69 Å². The molecular formula is C23H29NO3. The molecule has 0 atom stereocenters. The summed E-state index contributed by atoms with van der Waals surface area (Å²) in [7, 11) is 1.50. The summed E-state index contributed by atoms with van der Waals surface area (Å²) < 4.78 is 5.10. The molecule has 0 spiro atoms. The predicted molar refractivity (Wildman–Crippen MR) is 108 cm³/mol. The average Bonchev–Trinajstić information content (AvgIpc) is 2.69.